The topological polar surface area (TPSA) is 58.4 Å². The third-order valence-electron chi connectivity index (χ3n) is 3.98. The second-order valence-corrected chi connectivity index (χ2v) is 7.33. The molecule has 1 heterocycles. The number of methoxy groups -OCH3 is 2. The SMILES string of the molecule is COCCn1c(SCCOc2ccc(OC)cc2)nnc1-c1ccc(Cl)cc1. The van der Waals surface area contributed by atoms with E-state index in [0.29, 0.717) is 24.8 Å². The zero-order valence-corrected chi connectivity index (χ0v) is 17.4. The van der Waals surface area contributed by atoms with Crippen molar-refractivity contribution in [2.75, 3.05) is 33.2 Å². The van der Waals surface area contributed by atoms with Crippen molar-refractivity contribution in [1.29, 1.82) is 0 Å². The summed E-state index contributed by atoms with van der Waals surface area (Å²) in [7, 11) is 3.33. The minimum Gasteiger partial charge on any atom is -0.497 e. The number of thioether (sulfide) groups is 1. The monoisotopic (exact) mass is 419 g/mol. The predicted molar refractivity (Wildman–Crippen MR) is 112 cm³/mol. The second-order valence-electron chi connectivity index (χ2n) is 5.83. The van der Waals surface area contributed by atoms with Crippen LogP contribution in [0.3, 0.4) is 0 Å². The van der Waals surface area contributed by atoms with Gasteiger partial charge in [-0.2, -0.15) is 0 Å². The molecule has 1 aromatic heterocycles. The largest absolute Gasteiger partial charge is 0.497 e. The van der Waals surface area contributed by atoms with Crippen molar-refractivity contribution in [2.24, 2.45) is 0 Å². The van der Waals surface area contributed by atoms with Gasteiger partial charge in [-0.1, -0.05) is 23.4 Å². The zero-order chi connectivity index (χ0) is 19.8. The number of halogens is 1. The molecule has 0 unspecified atom stereocenters. The second kappa shape index (κ2) is 10.4. The first-order chi connectivity index (χ1) is 13.7. The van der Waals surface area contributed by atoms with Crippen molar-refractivity contribution in [3.63, 3.8) is 0 Å². The maximum absolute atomic E-state index is 5.99. The average molecular weight is 420 g/mol. The molecule has 0 spiro atoms. The molecular weight excluding hydrogens is 398 g/mol. The fourth-order valence-corrected chi connectivity index (χ4v) is 3.46. The maximum Gasteiger partial charge on any atom is 0.191 e. The van der Waals surface area contributed by atoms with Gasteiger partial charge >= 0.3 is 0 Å². The summed E-state index contributed by atoms with van der Waals surface area (Å²) in [5.74, 6) is 3.16. The molecule has 0 aliphatic heterocycles. The van der Waals surface area contributed by atoms with Gasteiger partial charge in [0.25, 0.3) is 0 Å². The average Bonchev–Trinajstić information content (AvgIpc) is 3.13. The van der Waals surface area contributed by atoms with E-state index < -0.39 is 0 Å². The minimum absolute atomic E-state index is 0.560. The fraction of sp³-hybridized carbons (Fsp3) is 0.300. The number of hydrogen-bond acceptors (Lipinski definition) is 6. The van der Waals surface area contributed by atoms with E-state index in [-0.39, 0.29) is 0 Å². The molecular formula is C20H22ClN3O3S. The molecule has 0 aliphatic rings. The van der Waals surface area contributed by atoms with E-state index in [1.807, 2.05) is 48.5 Å². The Morgan fingerprint density at radius 2 is 1.64 bits per heavy atom. The minimum atomic E-state index is 0.560. The Hall–Kier alpha value is -2.22. The molecule has 0 radical (unpaired) electrons. The van der Waals surface area contributed by atoms with Gasteiger partial charge < -0.3 is 14.2 Å². The molecule has 0 saturated heterocycles. The van der Waals surface area contributed by atoms with Crippen molar-refractivity contribution < 1.29 is 14.2 Å². The van der Waals surface area contributed by atoms with Gasteiger partial charge in [0.15, 0.2) is 11.0 Å². The first-order valence-corrected chi connectivity index (χ1v) is 10.2. The van der Waals surface area contributed by atoms with E-state index in [1.54, 1.807) is 26.0 Å². The van der Waals surface area contributed by atoms with E-state index >= 15 is 0 Å². The van der Waals surface area contributed by atoms with Crippen LogP contribution in [0.5, 0.6) is 11.5 Å². The van der Waals surface area contributed by atoms with E-state index in [9.17, 15) is 0 Å². The molecule has 0 fully saturated rings. The van der Waals surface area contributed by atoms with Crippen molar-refractivity contribution in [2.45, 2.75) is 11.7 Å². The summed E-state index contributed by atoms with van der Waals surface area (Å²) in [4.78, 5) is 0. The Morgan fingerprint density at radius 1 is 0.929 bits per heavy atom. The summed E-state index contributed by atoms with van der Waals surface area (Å²) in [6.07, 6.45) is 0. The molecule has 8 heteroatoms. The third kappa shape index (κ3) is 5.41. The van der Waals surface area contributed by atoms with Gasteiger partial charge in [0, 0.05) is 23.4 Å². The lowest BCUT2D eigenvalue weighted by Crippen LogP contribution is -2.08. The van der Waals surface area contributed by atoms with Gasteiger partial charge in [-0.15, -0.1) is 10.2 Å². The van der Waals surface area contributed by atoms with E-state index in [4.69, 9.17) is 25.8 Å². The lowest BCUT2D eigenvalue weighted by molar-refractivity contribution is 0.185. The van der Waals surface area contributed by atoms with Crippen molar-refractivity contribution in [3.05, 3.63) is 53.6 Å². The Labute approximate surface area is 173 Å². The molecule has 28 heavy (non-hydrogen) atoms. The van der Waals surface area contributed by atoms with Crippen molar-refractivity contribution >= 4 is 23.4 Å². The number of ether oxygens (including phenoxy) is 3. The van der Waals surface area contributed by atoms with Crippen LogP contribution < -0.4 is 9.47 Å². The molecule has 6 nitrogen and oxygen atoms in total. The van der Waals surface area contributed by atoms with Crippen LogP contribution in [-0.2, 0) is 11.3 Å². The summed E-state index contributed by atoms with van der Waals surface area (Å²) in [6, 6.07) is 15.1. The lowest BCUT2D eigenvalue weighted by Gasteiger charge is -2.10. The molecule has 3 rings (SSSR count). The van der Waals surface area contributed by atoms with Crippen LogP contribution in [0.1, 0.15) is 0 Å². The predicted octanol–water partition coefficient (Wildman–Crippen LogP) is 4.42. The van der Waals surface area contributed by atoms with Gasteiger partial charge in [-0.25, -0.2) is 0 Å². The lowest BCUT2D eigenvalue weighted by atomic mass is 10.2. The molecule has 0 bridgehead atoms. The van der Waals surface area contributed by atoms with Gasteiger partial charge in [-0.05, 0) is 48.5 Å². The molecule has 0 amide bonds. The van der Waals surface area contributed by atoms with Crippen LogP contribution >= 0.6 is 23.4 Å². The van der Waals surface area contributed by atoms with Crippen LogP contribution in [0.25, 0.3) is 11.4 Å². The standard InChI is InChI=1S/C20H22ClN3O3S/c1-25-12-11-24-19(15-3-5-16(21)6-4-15)22-23-20(24)28-14-13-27-18-9-7-17(26-2)8-10-18/h3-10H,11-14H2,1-2H3. The number of aromatic nitrogens is 3. The van der Waals surface area contributed by atoms with Gasteiger partial charge in [0.1, 0.15) is 11.5 Å². The molecule has 2 aromatic carbocycles. The molecule has 3 aromatic rings. The van der Waals surface area contributed by atoms with Crippen LogP contribution in [0.15, 0.2) is 53.7 Å². The fourth-order valence-electron chi connectivity index (χ4n) is 2.56. The van der Waals surface area contributed by atoms with Crippen LogP contribution in [0.2, 0.25) is 5.02 Å². The van der Waals surface area contributed by atoms with E-state index in [2.05, 4.69) is 14.8 Å². The molecule has 0 aliphatic carbocycles. The highest BCUT2D eigenvalue weighted by molar-refractivity contribution is 7.99. The highest BCUT2D eigenvalue weighted by Gasteiger charge is 2.14. The van der Waals surface area contributed by atoms with Gasteiger partial charge in [-0.3, -0.25) is 4.57 Å². The Morgan fingerprint density at radius 3 is 2.32 bits per heavy atom. The highest BCUT2D eigenvalue weighted by atomic mass is 35.5. The highest BCUT2D eigenvalue weighted by Crippen LogP contribution is 2.25. The molecule has 0 atom stereocenters. The molecule has 0 saturated carbocycles. The smallest absolute Gasteiger partial charge is 0.191 e. The first-order valence-electron chi connectivity index (χ1n) is 8.79. The first kappa shape index (κ1) is 20.5. The zero-order valence-electron chi connectivity index (χ0n) is 15.8. The van der Waals surface area contributed by atoms with Crippen molar-refractivity contribution in [3.8, 4) is 22.9 Å². The quantitative estimate of drug-likeness (QED) is 0.358. The Bertz CT molecular complexity index is 869. The Balaban J connectivity index is 1.63. The summed E-state index contributed by atoms with van der Waals surface area (Å²) in [5, 5.41) is 10.2. The maximum atomic E-state index is 5.99. The Kier molecular flexibility index (Phi) is 7.59. The van der Waals surface area contributed by atoms with Gasteiger partial charge in [0.2, 0.25) is 0 Å². The molecule has 0 N–H and O–H groups in total. The van der Waals surface area contributed by atoms with Crippen LogP contribution in [0.4, 0.5) is 0 Å². The number of nitrogens with zero attached hydrogens (tertiary/aromatic N) is 3. The van der Waals surface area contributed by atoms with Crippen LogP contribution in [0, 0.1) is 0 Å². The van der Waals surface area contributed by atoms with E-state index in [0.717, 1.165) is 33.8 Å². The summed E-state index contributed by atoms with van der Waals surface area (Å²) in [6.45, 7) is 1.81. The summed E-state index contributed by atoms with van der Waals surface area (Å²) in [5.41, 5.74) is 0.967. The third-order valence-corrected chi connectivity index (χ3v) is 5.16. The number of rotatable bonds is 10. The normalized spacial score (nSPS) is 10.8. The number of hydrogen-bond donors (Lipinski definition) is 0. The molecule has 148 valence electrons. The van der Waals surface area contributed by atoms with Gasteiger partial charge in [0.05, 0.1) is 26.9 Å². The number of benzene rings is 2. The summed E-state index contributed by atoms with van der Waals surface area (Å²) >= 11 is 7.59. The van der Waals surface area contributed by atoms with Crippen LogP contribution in [-0.4, -0.2) is 48.0 Å². The summed E-state index contributed by atoms with van der Waals surface area (Å²) < 4.78 is 18.2. The van der Waals surface area contributed by atoms with E-state index in [1.165, 1.54) is 0 Å². The van der Waals surface area contributed by atoms with Crippen molar-refractivity contribution in [1.82, 2.24) is 14.8 Å².